The minimum Gasteiger partial charge on any atom is -0.356 e. The predicted octanol–water partition coefficient (Wildman–Crippen LogP) is -0.262. The van der Waals surface area contributed by atoms with Crippen molar-refractivity contribution < 1.29 is 9.47 Å². The number of nitrogens with zero attached hydrogens (tertiary/aromatic N) is 1. The fourth-order valence-electron chi connectivity index (χ4n) is 0.645. The highest BCUT2D eigenvalue weighted by atomic mass is 16.7. The van der Waals surface area contributed by atoms with Crippen molar-refractivity contribution in [2.75, 3.05) is 33.7 Å². The molecule has 0 aromatic rings. The van der Waals surface area contributed by atoms with Crippen LogP contribution in [0.3, 0.4) is 0 Å². The molecule has 0 aliphatic carbocycles. The molecule has 1 atom stereocenters. The van der Waals surface area contributed by atoms with Crippen LogP contribution in [0.1, 0.15) is 13.8 Å². The maximum atomic E-state index is 5.48. The van der Waals surface area contributed by atoms with Gasteiger partial charge in [0.25, 0.3) is 0 Å². The Labute approximate surface area is 80.1 Å². The molecule has 0 amide bonds. The van der Waals surface area contributed by atoms with Crippen LogP contribution in [0.4, 0.5) is 0 Å². The molecule has 0 aliphatic heterocycles. The molecule has 0 aromatic heterocycles. The highest BCUT2D eigenvalue weighted by Crippen LogP contribution is 1.87. The van der Waals surface area contributed by atoms with Gasteiger partial charge in [0.1, 0.15) is 13.5 Å². The largest absolute Gasteiger partial charge is 0.356 e. The Morgan fingerprint density at radius 2 is 2.15 bits per heavy atom. The van der Waals surface area contributed by atoms with Crippen LogP contribution in [-0.4, -0.2) is 44.8 Å². The quantitative estimate of drug-likeness (QED) is 0.314. The average molecular weight is 191 g/mol. The summed E-state index contributed by atoms with van der Waals surface area (Å²) >= 11 is 0. The fourth-order valence-corrected chi connectivity index (χ4v) is 0.645. The normalized spacial score (nSPS) is 13.6. The van der Waals surface area contributed by atoms with Crippen molar-refractivity contribution in [2.45, 2.75) is 19.9 Å². The summed E-state index contributed by atoms with van der Waals surface area (Å²) in [5.74, 6) is 0. The van der Waals surface area contributed by atoms with Gasteiger partial charge in [0, 0.05) is 26.2 Å². The van der Waals surface area contributed by atoms with E-state index in [1.807, 2.05) is 25.9 Å². The molecule has 0 fully saturated rings. The summed E-state index contributed by atoms with van der Waals surface area (Å²) in [4.78, 5) is 0. The highest BCUT2D eigenvalue weighted by Gasteiger charge is 2.04. The minimum absolute atomic E-state index is 0.302. The van der Waals surface area contributed by atoms with Crippen LogP contribution in [-0.2, 0) is 9.47 Å². The van der Waals surface area contributed by atoms with Gasteiger partial charge in [-0.25, -0.2) is 10.4 Å². The molecule has 3 N–H and O–H groups in total. The van der Waals surface area contributed by atoms with Gasteiger partial charge in [-0.15, -0.1) is 0 Å². The first-order valence-corrected chi connectivity index (χ1v) is 4.54. The average Bonchev–Trinajstić information content (AvgIpc) is 2.16. The molecular formula is C8H21N3O2. The molecule has 0 bridgehead atoms. The van der Waals surface area contributed by atoms with E-state index in [-0.39, 0.29) is 0 Å². The molecule has 5 heteroatoms. The van der Waals surface area contributed by atoms with E-state index in [1.54, 1.807) is 0 Å². The number of hydrazine groups is 1. The van der Waals surface area contributed by atoms with E-state index in [1.165, 1.54) is 0 Å². The zero-order valence-electron chi connectivity index (χ0n) is 8.75. The lowest BCUT2D eigenvalue weighted by Gasteiger charge is -2.23. The van der Waals surface area contributed by atoms with Gasteiger partial charge < -0.3 is 15.2 Å². The summed E-state index contributed by atoms with van der Waals surface area (Å²) in [6.45, 7) is 6.04. The van der Waals surface area contributed by atoms with Gasteiger partial charge in [-0.1, -0.05) is 0 Å². The number of hydrogen-bond donors (Lipinski definition) is 2. The van der Waals surface area contributed by atoms with Gasteiger partial charge in [-0.3, -0.25) is 0 Å². The van der Waals surface area contributed by atoms with Crippen molar-refractivity contribution in [3.8, 4) is 0 Å². The molecule has 80 valence electrons. The number of ether oxygens (including phenoxy) is 2. The lowest BCUT2D eigenvalue weighted by Crippen LogP contribution is -2.45. The van der Waals surface area contributed by atoms with Crippen molar-refractivity contribution in [2.24, 2.45) is 5.73 Å². The molecule has 0 spiro atoms. The SMILES string of the molecule is CCOCOCNN(C)[C@H](C)CN. The first-order valence-electron chi connectivity index (χ1n) is 4.54. The highest BCUT2D eigenvalue weighted by molar-refractivity contribution is 4.57. The van der Waals surface area contributed by atoms with E-state index < -0.39 is 0 Å². The molecule has 0 radical (unpaired) electrons. The van der Waals surface area contributed by atoms with Crippen LogP contribution in [0.5, 0.6) is 0 Å². The van der Waals surface area contributed by atoms with Crippen molar-refractivity contribution in [3.05, 3.63) is 0 Å². The van der Waals surface area contributed by atoms with Crippen molar-refractivity contribution in [3.63, 3.8) is 0 Å². The maximum Gasteiger partial charge on any atom is 0.148 e. The summed E-state index contributed by atoms with van der Waals surface area (Å²) < 4.78 is 10.1. The Balaban J connectivity index is 3.21. The lowest BCUT2D eigenvalue weighted by atomic mass is 10.3. The zero-order chi connectivity index (χ0) is 10.1. The molecule has 0 aromatic carbocycles. The first kappa shape index (κ1) is 12.8. The molecule has 0 saturated heterocycles. The number of nitrogens with two attached hydrogens (primary N) is 1. The lowest BCUT2D eigenvalue weighted by molar-refractivity contribution is -0.0720. The van der Waals surface area contributed by atoms with Gasteiger partial charge >= 0.3 is 0 Å². The van der Waals surface area contributed by atoms with Crippen LogP contribution in [0.15, 0.2) is 0 Å². The zero-order valence-corrected chi connectivity index (χ0v) is 8.75. The second kappa shape index (κ2) is 8.40. The van der Waals surface area contributed by atoms with Gasteiger partial charge in [0.05, 0.1) is 0 Å². The molecule has 5 nitrogen and oxygen atoms in total. The summed E-state index contributed by atoms with van der Waals surface area (Å²) in [5, 5.41) is 1.92. The number of hydrogen-bond acceptors (Lipinski definition) is 5. The summed E-state index contributed by atoms with van der Waals surface area (Å²) in [6, 6.07) is 0.302. The maximum absolute atomic E-state index is 5.48. The van der Waals surface area contributed by atoms with Crippen LogP contribution in [0.2, 0.25) is 0 Å². The summed E-state index contributed by atoms with van der Waals surface area (Å²) in [6.07, 6.45) is 0. The Kier molecular flexibility index (Phi) is 8.27. The van der Waals surface area contributed by atoms with E-state index in [4.69, 9.17) is 15.2 Å². The first-order chi connectivity index (χ1) is 6.22. The van der Waals surface area contributed by atoms with Crippen LogP contribution in [0.25, 0.3) is 0 Å². The van der Waals surface area contributed by atoms with Gasteiger partial charge in [-0.05, 0) is 13.8 Å². The van der Waals surface area contributed by atoms with Crippen LogP contribution >= 0.6 is 0 Å². The third-order valence-corrected chi connectivity index (χ3v) is 1.79. The Bertz CT molecular complexity index is 114. The van der Waals surface area contributed by atoms with Crippen molar-refractivity contribution in [1.29, 1.82) is 0 Å². The van der Waals surface area contributed by atoms with Gasteiger partial charge in [-0.2, -0.15) is 0 Å². The van der Waals surface area contributed by atoms with E-state index in [0.717, 1.165) is 0 Å². The number of rotatable bonds is 8. The number of likely N-dealkylation sites (N-methyl/N-ethyl adjacent to an activating group) is 1. The van der Waals surface area contributed by atoms with E-state index >= 15 is 0 Å². The van der Waals surface area contributed by atoms with Crippen LogP contribution < -0.4 is 11.2 Å². The molecule has 0 heterocycles. The van der Waals surface area contributed by atoms with Crippen LogP contribution in [0, 0.1) is 0 Å². The molecular weight excluding hydrogens is 170 g/mol. The molecule has 0 rings (SSSR count). The van der Waals surface area contributed by atoms with Crippen molar-refractivity contribution in [1.82, 2.24) is 10.4 Å². The minimum atomic E-state index is 0.302. The van der Waals surface area contributed by atoms with Crippen molar-refractivity contribution >= 4 is 0 Å². The topological polar surface area (TPSA) is 59.8 Å². The van der Waals surface area contributed by atoms with E-state index in [2.05, 4.69) is 5.43 Å². The summed E-state index contributed by atoms with van der Waals surface area (Å²) in [5.41, 5.74) is 8.52. The Morgan fingerprint density at radius 1 is 1.46 bits per heavy atom. The fraction of sp³-hybridized carbons (Fsp3) is 1.00. The van der Waals surface area contributed by atoms with E-state index in [9.17, 15) is 0 Å². The predicted molar refractivity (Wildman–Crippen MR) is 51.9 cm³/mol. The molecule has 0 unspecified atom stereocenters. The second-order valence-electron chi connectivity index (χ2n) is 2.81. The van der Waals surface area contributed by atoms with Gasteiger partial charge in [0.2, 0.25) is 0 Å². The monoisotopic (exact) mass is 191 g/mol. The molecule has 0 saturated carbocycles. The smallest absolute Gasteiger partial charge is 0.148 e. The Hall–Kier alpha value is -0.200. The third-order valence-electron chi connectivity index (χ3n) is 1.79. The summed E-state index contributed by atoms with van der Waals surface area (Å²) in [7, 11) is 1.93. The number of nitrogens with one attached hydrogen (secondary N) is 1. The second-order valence-corrected chi connectivity index (χ2v) is 2.81. The molecule has 0 aliphatic rings. The Morgan fingerprint density at radius 3 is 2.69 bits per heavy atom. The van der Waals surface area contributed by atoms with Gasteiger partial charge in [0.15, 0.2) is 0 Å². The third kappa shape index (κ3) is 6.92. The standard InChI is InChI=1S/C8H21N3O2/c1-4-12-7-13-6-10-11(3)8(2)5-9/h8,10H,4-7,9H2,1-3H3/t8-/m1/s1. The molecule has 13 heavy (non-hydrogen) atoms. The van der Waals surface area contributed by atoms with E-state index in [0.29, 0.717) is 32.7 Å².